The Morgan fingerprint density at radius 2 is 1.94 bits per heavy atom. The first kappa shape index (κ1) is 25.0. The van der Waals surface area contributed by atoms with Crippen molar-refractivity contribution in [1.82, 2.24) is 14.9 Å². The molecule has 3 heterocycles. The quantitative estimate of drug-likeness (QED) is 0.480. The minimum Gasteiger partial charge on any atom is -0.368 e. The van der Waals surface area contributed by atoms with Gasteiger partial charge in [0.1, 0.15) is 5.82 Å². The fourth-order valence-corrected chi connectivity index (χ4v) is 5.37. The summed E-state index contributed by atoms with van der Waals surface area (Å²) in [6.45, 7) is 10.7. The number of hydrogen-bond donors (Lipinski definition) is 2. The monoisotopic (exact) mass is 495 g/mol. The van der Waals surface area contributed by atoms with Gasteiger partial charge in [0.25, 0.3) is 5.56 Å². The molecule has 1 aliphatic rings. The summed E-state index contributed by atoms with van der Waals surface area (Å²) in [6.07, 6.45) is 4.21. The Bertz CT molecular complexity index is 1280. The molecule has 2 N–H and O–H groups in total. The van der Waals surface area contributed by atoms with Gasteiger partial charge in [0.15, 0.2) is 0 Å². The van der Waals surface area contributed by atoms with Gasteiger partial charge in [-0.25, -0.2) is 4.98 Å². The summed E-state index contributed by atoms with van der Waals surface area (Å²) in [5.74, 6) is 0.925. The highest BCUT2D eigenvalue weighted by Gasteiger charge is 2.27. The zero-order valence-electron chi connectivity index (χ0n) is 20.9. The number of nitrogens with zero attached hydrogens (tertiary/aromatic N) is 3. The Hall–Kier alpha value is -3.06. The van der Waals surface area contributed by atoms with Crippen LogP contribution in [0.4, 0.5) is 11.5 Å². The van der Waals surface area contributed by atoms with Crippen LogP contribution in [0.25, 0.3) is 10.8 Å². The van der Waals surface area contributed by atoms with Crippen LogP contribution < -0.4 is 15.8 Å². The van der Waals surface area contributed by atoms with Crippen LogP contribution in [0.1, 0.15) is 49.9 Å². The molecule has 0 bridgehead atoms. The van der Waals surface area contributed by atoms with Crippen molar-refractivity contribution < 1.29 is 4.79 Å². The van der Waals surface area contributed by atoms with E-state index in [2.05, 4.69) is 27.1 Å². The maximum atomic E-state index is 12.5. The number of pyridine rings is 2. The number of halogens is 1. The highest BCUT2D eigenvalue weighted by Crippen LogP contribution is 2.36. The van der Waals surface area contributed by atoms with Crippen molar-refractivity contribution in [2.75, 3.05) is 29.9 Å². The number of amides is 1. The molecule has 1 amide bonds. The first-order chi connectivity index (χ1) is 16.8. The lowest BCUT2D eigenvalue weighted by atomic mass is 10.00. The molecule has 1 aliphatic heterocycles. The molecular weight excluding hydrogens is 462 g/mol. The van der Waals surface area contributed by atoms with Gasteiger partial charge in [-0.1, -0.05) is 18.5 Å². The molecule has 2 aromatic heterocycles. The van der Waals surface area contributed by atoms with E-state index in [9.17, 15) is 9.59 Å². The van der Waals surface area contributed by atoms with Crippen molar-refractivity contribution >= 4 is 39.8 Å². The van der Waals surface area contributed by atoms with E-state index in [0.717, 1.165) is 60.2 Å². The van der Waals surface area contributed by atoms with Crippen molar-refractivity contribution in [1.29, 1.82) is 0 Å². The zero-order valence-corrected chi connectivity index (χ0v) is 21.7. The van der Waals surface area contributed by atoms with Gasteiger partial charge in [-0.05, 0) is 63.4 Å². The molecule has 0 spiro atoms. The molecule has 4 rings (SSSR count). The molecule has 35 heavy (non-hydrogen) atoms. The normalized spacial score (nSPS) is 14.4. The third-order valence-corrected chi connectivity index (χ3v) is 7.18. The first-order valence-corrected chi connectivity index (χ1v) is 12.8. The summed E-state index contributed by atoms with van der Waals surface area (Å²) in [5.41, 5.74) is 3.48. The smallest absolute Gasteiger partial charge is 0.253 e. The van der Waals surface area contributed by atoms with E-state index in [1.807, 2.05) is 49.9 Å². The van der Waals surface area contributed by atoms with Crippen LogP contribution >= 0.6 is 11.6 Å². The average Bonchev–Trinajstić information content (AvgIpc) is 2.84. The number of nitrogens with one attached hydrogen (secondary N) is 2. The lowest BCUT2D eigenvalue weighted by molar-refractivity contribution is -0.131. The molecule has 1 fully saturated rings. The van der Waals surface area contributed by atoms with Gasteiger partial charge < -0.3 is 20.1 Å². The van der Waals surface area contributed by atoms with Crippen LogP contribution in [0.3, 0.4) is 0 Å². The van der Waals surface area contributed by atoms with Gasteiger partial charge in [-0.15, -0.1) is 0 Å². The maximum absolute atomic E-state index is 12.5. The van der Waals surface area contributed by atoms with Gasteiger partial charge in [0.2, 0.25) is 5.91 Å². The largest absolute Gasteiger partial charge is 0.368 e. The third-order valence-electron chi connectivity index (χ3n) is 6.96. The van der Waals surface area contributed by atoms with E-state index in [4.69, 9.17) is 11.6 Å². The number of carbonyl (C=O) groups excluding carboxylic acids is 1. The number of likely N-dealkylation sites (tertiary alicyclic amines) is 1. The lowest BCUT2D eigenvalue weighted by Crippen LogP contribution is -2.46. The Labute approximate surface area is 211 Å². The second-order valence-corrected chi connectivity index (χ2v) is 9.66. The second-order valence-electron chi connectivity index (χ2n) is 9.23. The standard InChI is InChI=1S/C27H34ClN5O2/c1-5-25(34)32-11-8-20(9-12-32)33(6-2)24-15-19(28)14-22-21(24)7-10-29-26(22)30-16-23-17(3)13-18(4)31-27(23)35/h7,10,13-15,20H,5-6,8-9,11-12,16H2,1-4H3,(H,29,30)(H,31,35). The lowest BCUT2D eigenvalue weighted by Gasteiger charge is -2.40. The molecule has 0 radical (unpaired) electrons. The van der Waals surface area contributed by atoms with Gasteiger partial charge in [-0.2, -0.15) is 0 Å². The molecule has 8 heteroatoms. The number of fused-ring (bicyclic) bond motifs is 1. The topological polar surface area (TPSA) is 81.3 Å². The number of aromatic nitrogens is 2. The Balaban J connectivity index is 1.63. The molecule has 186 valence electrons. The van der Waals surface area contributed by atoms with Gasteiger partial charge >= 0.3 is 0 Å². The number of H-pyrrole nitrogens is 1. The van der Waals surface area contributed by atoms with E-state index in [1.54, 1.807) is 6.20 Å². The number of carbonyl (C=O) groups is 1. The average molecular weight is 496 g/mol. The minimum absolute atomic E-state index is 0.0842. The molecule has 3 aromatic rings. The number of aromatic amines is 1. The van der Waals surface area contributed by atoms with E-state index >= 15 is 0 Å². The van der Waals surface area contributed by atoms with Crippen molar-refractivity contribution in [3.8, 4) is 0 Å². The minimum atomic E-state index is -0.0842. The number of anilines is 2. The predicted molar refractivity (Wildman–Crippen MR) is 144 cm³/mol. The van der Waals surface area contributed by atoms with Gasteiger partial charge in [0, 0.05) is 77.6 Å². The predicted octanol–water partition coefficient (Wildman–Crippen LogP) is 5.03. The van der Waals surface area contributed by atoms with E-state index < -0.39 is 0 Å². The van der Waals surface area contributed by atoms with E-state index in [-0.39, 0.29) is 11.5 Å². The highest BCUT2D eigenvalue weighted by molar-refractivity contribution is 6.32. The molecule has 7 nitrogen and oxygen atoms in total. The molecule has 0 unspecified atom stereocenters. The highest BCUT2D eigenvalue weighted by atomic mass is 35.5. The molecular formula is C27H34ClN5O2. The molecule has 0 atom stereocenters. The van der Waals surface area contributed by atoms with Crippen molar-refractivity contribution in [2.24, 2.45) is 0 Å². The number of rotatable bonds is 7. The zero-order chi connectivity index (χ0) is 25.1. The van der Waals surface area contributed by atoms with E-state index in [0.29, 0.717) is 35.4 Å². The van der Waals surface area contributed by atoms with Crippen molar-refractivity contribution in [3.63, 3.8) is 0 Å². The number of hydrogen-bond acceptors (Lipinski definition) is 5. The summed E-state index contributed by atoms with van der Waals surface area (Å²) in [4.78, 5) is 36.4. The van der Waals surface area contributed by atoms with Crippen molar-refractivity contribution in [3.05, 3.63) is 62.7 Å². The van der Waals surface area contributed by atoms with Crippen LogP contribution in [0.15, 0.2) is 35.3 Å². The molecule has 1 aromatic carbocycles. The molecule has 0 saturated carbocycles. The Kier molecular flexibility index (Phi) is 7.65. The van der Waals surface area contributed by atoms with Crippen LogP contribution in [0.5, 0.6) is 0 Å². The maximum Gasteiger partial charge on any atom is 0.253 e. The van der Waals surface area contributed by atoms with Crippen LogP contribution in [0, 0.1) is 13.8 Å². The summed E-state index contributed by atoms with van der Waals surface area (Å²) < 4.78 is 0. The van der Waals surface area contributed by atoms with Crippen molar-refractivity contribution in [2.45, 2.75) is 59.5 Å². The number of piperidine rings is 1. The fourth-order valence-electron chi connectivity index (χ4n) is 5.16. The van der Waals surface area contributed by atoms with Gasteiger partial charge in [-0.3, -0.25) is 9.59 Å². The van der Waals surface area contributed by atoms with Gasteiger partial charge in [0.05, 0.1) is 0 Å². The summed E-state index contributed by atoms with van der Waals surface area (Å²) in [6, 6.07) is 8.28. The Morgan fingerprint density at radius 1 is 1.20 bits per heavy atom. The van der Waals surface area contributed by atoms with Crippen LogP contribution in [-0.4, -0.2) is 46.5 Å². The second kappa shape index (κ2) is 10.7. The molecule has 1 saturated heterocycles. The SMILES string of the molecule is CCC(=O)N1CCC(N(CC)c2cc(Cl)cc3c(NCc4c(C)cc(C)[nH]c4=O)nccc23)CC1. The summed E-state index contributed by atoms with van der Waals surface area (Å²) >= 11 is 6.61. The summed E-state index contributed by atoms with van der Waals surface area (Å²) in [5, 5.41) is 6.00. The van der Waals surface area contributed by atoms with Crippen LogP contribution in [-0.2, 0) is 11.3 Å². The van der Waals surface area contributed by atoms with Crippen LogP contribution in [0.2, 0.25) is 5.02 Å². The number of benzene rings is 1. The third kappa shape index (κ3) is 5.30. The summed E-state index contributed by atoms with van der Waals surface area (Å²) in [7, 11) is 0. The first-order valence-electron chi connectivity index (χ1n) is 12.4. The number of aryl methyl sites for hydroxylation is 2. The van der Waals surface area contributed by atoms with E-state index in [1.165, 1.54) is 0 Å². The fraction of sp³-hybridized carbons (Fsp3) is 0.444. The Morgan fingerprint density at radius 3 is 2.60 bits per heavy atom. The molecule has 0 aliphatic carbocycles.